The van der Waals surface area contributed by atoms with Crippen LogP contribution < -0.4 is 14.5 Å². The second kappa shape index (κ2) is 8.77. The third kappa shape index (κ3) is 4.63. The molecule has 3 aromatic heterocycles. The lowest BCUT2D eigenvalue weighted by molar-refractivity contribution is 0.186. The summed E-state index contributed by atoms with van der Waals surface area (Å²) in [6.07, 6.45) is 5.54. The van der Waals surface area contributed by atoms with E-state index in [4.69, 9.17) is 0 Å². The molecular weight excluding hydrogens is 418 g/mol. The van der Waals surface area contributed by atoms with Crippen LogP contribution >= 0.6 is 0 Å². The monoisotopic (exact) mass is 445 g/mol. The molecule has 0 unspecified atom stereocenters. The van der Waals surface area contributed by atoms with Crippen LogP contribution in [0.2, 0.25) is 0 Å². The number of anilines is 2. The molecule has 0 amide bonds. The zero-order valence-electron chi connectivity index (χ0n) is 17.6. The smallest absolute Gasteiger partial charge is 0.242 e. The second-order valence-corrected chi connectivity index (χ2v) is 9.59. The summed E-state index contributed by atoms with van der Waals surface area (Å²) in [4.78, 5) is 20.6. The Kier molecular flexibility index (Phi) is 6.08. The number of nitrogens with one attached hydrogen (secondary N) is 2. The summed E-state index contributed by atoms with van der Waals surface area (Å²) in [7, 11) is -1.68. The molecule has 4 rings (SSSR count). The summed E-state index contributed by atoms with van der Waals surface area (Å²) in [6.45, 7) is 3.45. The first-order valence-electron chi connectivity index (χ1n) is 10.2. The molecule has 4 heterocycles. The van der Waals surface area contributed by atoms with E-state index in [1.165, 1.54) is 6.20 Å². The van der Waals surface area contributed by atoms with Crippen molar-refractivity contribution in [1.82, 2.24) is 24.7 Å². The highest BCUT2D eigenvalue weighted by Crippen LogP contribution is 2.28. The molecule has 0 aromatic carbocycles. The number of hydrogen-bond donors (Lipinski definition) is 3. The maximum absolute atomic E-state index is 12.4. The minimum Gasteiger partial charge on any atom is -0.393 e. The van der Waals surface area contributed by atoms with Crippen molar-refractivity contribution in [3.8, 4) is 0 Å². The van der Waals surface area contributed by atoms with E-state index in [1.807, 2.05) is 19.3 Å². The topological polar surface area (TPSA) is 127 Å². The quantitative estimate of drug-likeness (QED) is 0.471. The number of aromatic nitrogens is 4. The number of nitrogens with zero attached hydrogens (tertiary/aromatic N) is 5. The molecule has 166 valence electrons. The number of pyridine rings is 1. The molecule has 0 radical (unpaired) electrons. The minimum absolute atomic E-state index is 0.110. The Balaban J connectivity index is 1.42. The van der Waals surface area contributed by atoms with Gasteiger partial charge in [-0.2, -0.15) is 0 Å². The first-order valence-corrected chi connectivity index (χ1v) is 11.7. The van der Waals surface area contributed by atoms with Crippen LogP contribution in [0, 0.1) is 0 Å². The number of aromatic amines is 1. The first kappa shape index (κ1) is 21.5. The molecule has 0 bridgehead atoms. The summed E-state index contributed by atoms with van der Waals surface area (Å²) in [5.74, 6) is 1.63. The molecule has 3 aromatic rings. The van der Waals surface area contributed by atoms with Crippen LogP contribution in [0.3, 0.4) is 0 Å². The van der Waals surface area contributed by atoms with E-state index in [2.05, 4.69) is 34.5 Å². The van der Waals surface area contributed by atoms with Gasteiger partial charge >= 0.3 is 0 Å². The Bertz CT molecular complexity index is 1130. The van der Waals surface area contributed by atoms with Crippen molar-refractivity contribution in [2.45, 2.75) is 36.8 Å². The van der Waals surface area contributed by atoms with Crippen molar-refractivity contribution in [1.29, 1.82) is 0 Å². The van der Waals surface area contributed by atoms with E-state index in [-0.39, 0.29) is 17.5 Å². The zero-order valence-corrected chi connectivity index (χ0v) is 18.4. The zero-order chi connectivity index (χ0) is 22.0. The molecule has 0 spiro atoms. The van der Waals surface area contributed by atoms with Crippen LogP contribution in [-0.4, -0.2) is 72.3 Å². The van der Waals surface area contributed by atoms with Crippen LogP contribution in [0.4, 0.5) is 11.6 Å². The van der Waals surface area contributed by atoms with E-state index < -0.39 is 16.1 Å². The summed E-state index contributed by atoms with van der Waals surface area (Å²) < 4.78 is 27.2. The molecule has 0 saturated carbocycles. The van der Waals surface area contributed by atoms with E-state index in [0.717, 1.165) is 36.4 Å². The number of aliphatic hydroxyl groups is 1. The standard InChI is InChI=1S/C20H27N7O3S/c1-14(28)5-9-25-31(29,30)16-3-4-18(22-11-16)26(2)15-7-10-27(12-15)20-17-6-8-21-19(17)23-13-24-20/h3-4,6,8,11,13-15,25,28H,5,7,9-10,12H2,1-2H3,(H,21,23,24)/t14-,15-/m1/s1. The average molecular weight is 446 g/mol. The van der Waals surface area contributed by atoms with Crippen molar-refractivity contribution in [3.05, 3.63) is 36.9 Å². The third-order valence-corrected chi connectivity index (χ3v) is 7.04. The van der Waals surface area contributed by atoms with Gasteiger partial charge in [0.1, 0.15) is 28.5 Å². The molecule has 1 aliphatic heterocycles. The summed E-state index contributed by atoms with van der Waals surface area (Å²) >= 11 is 0. The van der Waals surface area contributed by atoms with E-state index in [9.17, 15) is 13.5 Å². The van der Waals surface area contributed by atoms with Gasteiger partial charge < -0.3 is 19.9 Å². The highest BCUT2D eigenvalue weighted by molar-refractivity contribution is 7.89. The fourth-order valence-electron chi connectivity index (χ4n) is 3.77. The highest BCUT2D eigenvalue weighted by atomic mass is 32.2. The SMILES string of the molecule is C[C@@H](O)CCNS(=O)(=O)c1ccc(N(C)[C@@H]2CCN(c3ncnc4[nH]ccc34)C2)nc1. The number of likely N-dealkylation sites (N-methyl/N-ethyl adjacent to an activating group) is 1. The van der Waals surface area contributed by atoms with Crippen molar-refractivity contribution in [2.24, 2.45) is 0 Å². The molecular formula is C20H27N7O3S. The molecule has 1 aliphatic rings. The lowest BCUT2D eigenvalue weighted by Gasteiger charge is -2.26. The van der Waals surface area contributed by atoms with Gasteiger partial charge in [0.25, 0.3) is 0 Å². The lowest BCUT2D eigenvalue weighted by atomic mass is 10.2. The van der Waals surface area contributed by atoms with Gasteiger partial charge in [-0.15, -0.1) is 0 Å². The Labute approximate surface area is 181 Å². The van der Waals surface area contributed by atoms with Crippen molar-refractivity contribution in [3.63, 3.8) is 0 Å². The molecule has 10 nitrogen and oxygen atoms in total. The Morgan fingerprint density at radius 3 is 2.90 bits per heavy atom. The van der Waals surface area contributed by atoms with E-state index in [1.54, 1.807) is 25.4 Å². The summed E-state index contributed by atoms with van der Waals surface area (Å²) in [5.41, 5.74) is 0.822. The molecule has 1 fully saturated rings. The predicted octanol–water partition coefficient (Wildman–Crippen LogP) is 1.12. The van der Waals surface area contributed by atoms with Gasteiger partial charge in [-0.05, 0) is 38.0 Å². The van der Waals surface area contributed by atoms with Crippen molar-refractivity contribution < 1.29 is 13.5 Å². The number of fused-ring (bicyclic) bond motifs is 1. The molecule has 11 heteroatoms. The number of hydrogen-bond acceptors (Lipinski definition) is 8. The molecule has 1 saturated heterocycles. The van der Waals surface area contributed by atoms with E-state index in [0.29, 0.717) is 12.2 Å². The molecule has 3 N–H and O–H groups in total. The minimum atomic E-state index is -3.65. The van der Waals surface area contributed by atoms with Crippen molar-refractivity contribution in [2.75, 3.05) is 36.5 Å². The van der Waals surface area contributed by atoms with Gasteiger partial charge in [-0.1, -0.05) is 0 Å². The fourth-order valence-corrected chi connectivity index (χ4v) is 4.77. The van der Waals surface area contributed by atoms with Crippen LogP contribution in [0.25, 0.3) is 11.0 Å². The number of H-pyrrole nitrogens is 1. The second-order valence-electron chi connectivity index (χ2n) is 7.82. The predicted molar refractivity (Wildman–Crippen MR) is 119 cm³/mol. The van der Waals surface area contributed by atoms with Crippen LogP contribution in [0.15, 0.2) is 41.8 Å². The summed E-state index contributed by atoms with van der Waals surface area (Å²) in [6, 6.07) is 5.49. The van der Waals surface area contributed by atoms with Gasteiger partial charge in [0, 0.05) is 45.1 Å². The van der Waals surface area contributed by atoms with E-state index >= 15 is 0 Å². The van der Waals surface area contributed by atoms with Crippen molar-refractivity contribution >= 4 is 32.7 Å². The third-order valence-electron chi connectivity index (χ3n) is 5.59. The van der Waals surface area contributed by atoms with Gasteiger partial charge in [-0.25, -0.2) is 28.1 Å². The van der Waals surface area contributed by atoms with Gasteiger partial charge in [0.05, 0.1) is 11.5 Å². The van der Waals surface area contributed by atoms with Gasteiger partial charge in [0.2, 0.25) is 10.0 Å². The van der Waals surface area contributed by atoms with Crippen LogP contribution in [0.5, 0.6) is 0 Å². The Hall–Kier alpha value is -2.76. The number of sulfonamides is 1. The normalized spacial score (nSPS) is 17.9. The van der Waals surface area contributed by atoms with Crippen LogP contribution in [0.1, 0.15) is 19.8 Å². The number of rotatable bonds is 8. The van der Waals surface area contributed by atoms with Crippen LogP contribution in [-0.2, 0) is 10.0 Å². The molecule has 0 aliphatic carbocycles. The van der Waals surface area contributed by atoms with Gasteiger partial charge in [0.15, 0.2) is 0 Å². The molecule has 31 heavy (non-hydrogen) atoms. The maximum Gasteiger partial charge on any atom is 0.242 e. The Morgan fingerprint density at radius 2 is 2.16 bits per heavy atom. The maximum atomic E-state index is 12.4. The summed E-state index contributed by atoms with van der Waals surface area (Å²) in [5, 5.41) is 10.3. The largest absolute Gasteiger partial charge is 0.393 e. The highest BCUT2D eigenvalue weighted by Gasteiger charge is 2.28. The van der Waals surface area contributed by atoms with Gasteiger partial charge in [-0.3, -0.25) is 0 Å². The number of aliphatic hydroxyl groups excluding tert-OH is 1. The fraction of sp³-hybridized carbons (Fsp3) is 0.450. The first-order chi connectivity index (χ1) is 14.8. The average Bonchev–Trinajstić information content (AvgIpc) is 3.42. The lowest BCUT2D eigenvalue weighted by Crippen LogP contribution is -2.35. The Morgan fingerprint density at radius 1 is 1.32 bits per heavy atom. The molecule has 2 atom stereocenters.